The standard InChI is InChI=1S/C15H17N3O.C15H16N2O2.C14H14N2O2.C14H13NO2.C13H12N2O2/c1-11-5-4-6-14(16-11)12-7-9-13(10-8-12)17-15(19)18(2)3;1-11-5-4-6-14(16-11)12-7-9-13(10-8-12)19-15(18)17(2)3;1-10-4-3-5-13(16-10)11-6-8-12(9-7-11)18-14(17)15-2;1-10-4-3-5-14(15-10)12-6-8-13(9-7-12)17-11(2)16;1-9-3-2-4-12(15-9)10-5-7-11(8-6-10)17-13(14)16/h4-10H,1-3H3,(H,17,19);4-10H,1-3H3;3-9H,1-2H3,(H,15,17);3-9H,1-2H3;2-8H,1H3,(H2,14,16). The molecule has 4 N–H and O–H groups in total. The second-order valence-corrected chi connectivity index (χ2v) is 20.2. The number of rotatable bonds is 10. The van der Waals surface area contributed by atoms with Gasteiger partial charge in [-0.2, -0.15) is 0 Å². The molecule has 5 aromatic heterocycles. The lowest BCUT2D eigenvalue weighted by Gasteiger charge is -2.12. The van der Waals surface area contributed by atoms with Crippen LogP contribution in [0.5, 0.6) is 23.0 Å². The van der Waals surface area contributed by atoms with Crippen LogP contribution in [-0.2, 0) is 4.79 Å². The van der Waals surface area contributed by atoms with E-state index < -0.39 is 12.2 Å². The molecule has 19 heteroatoms. The number of carbonyl (C=O) groups excluding carboxylic acids is 5. The Morgan fingerprint density at radius 2 is 0.644 bits per heavy atom. The summed E-state index contributed by atoms with van der Waals surface area (Å²) in [4.78, 5) is 80.3. The average Bonchev–Trinajstić information content (AvgIpc) is 2.78. The third-order valence-corrected chi connectivity index (χ3v) is 12.3. The van der Waals surface area contributed by atoms with Gasteiger partial charge in [-0.1, -0.05) is 42.5 Å². The number of hydrogen-bond donors (Lipinski definition) is 3. The lowest BCUT2D eigenvalue weighted by Crippen LogP contribution is -2.27. The first-order valence-corrected chi connectivity index (χ1v) is 28.2. The molecule has 0 fully saturated rings. The van der Waals surface area contributed by atoms with E-state index in [0.29, 0.717) is 23.0 Å². The lowest BCUT2D eigenvalue weighted by molar-refractivity contribution is -0.131. The molecular weight excluding hydrogens is 1140 g/mol. The molecule has 0 radical (unpaired) electrons. The smallest absolute Gasteiger partial charge is 0.414 e. The van der Waals surface area contributed by atoms with Crippen molar-refractivity contribution in [2.75, 3.05) is 40.6 Å². The van der Waals surface area contributed by atoms with Crippen LogP contribution >= 0.6 is 0 Å². The predicted octanol–water partition coefficient (Wildman–Crippen LogP) is 14.5. The van der Waals surface area contributed by atoms with Gasteiger partial charge in [0.1, 0.15) is 23.0 Å². The first-order chi connectivity index (χ1) is 43.1. The minimum Gasteiger partial charge on any atom is -0.427 e. The Morgan fingerprint density at radius 3 is 0.900 bits per heavy atom. The zero-order chi connectivity index (χ0) is 65.1. The fourth-order valence-corrected chi connectivity index (χ4v) is 7.89. The maximum Gasteiger partial charge on any atom is 0.414 e. The topological polar surface area (TPSA) is 243 Å². The SMILES string of the molecule is CC(=O)Oc1ccc(-c2cccc(C)n2)cc1.CNC(=O)Oc1ccc(-c2cccc(C)n2)cc1.Cc1cccc(-c2ccc(NC(=O)N(C)C)cc2)n1.Cc1cccc(-c2ccc(OC(=O)N(C)C)cc2)n1.Cc1cccc(-c2ccc(OC(N)=O)cc2)n1. The highest BCUT2D eigenvalue weighted by Crippen LogP contribution is 2.26. The Kier molecular flexibility index (Phi) is 25.5. The van der Waals surface area contributed by atoms with Crippen LogP contribution in [0, 0.1) is 34.6 Å². The zero-order valence-electron chi connectivity index (χ0n) is 52.1. The number of aryl methyl sites for hydroxylation is 5. The van der Waals surface area contributed by atoms with E-state index in [1.54, 1.807) is 76.7 Å². The Balaban J connectivity index is 0.000000179. The van der Waals surface area contributed by atoms with Gasteiger partial charge in [0.05, 0.1) is 28.5 Å². The van der Waals surface area contributed by atoms with E-state index >= 15 is 0 Å². The number of ether oxygens (including phenoxy) is 4. The normalized spacial score (nSPS) is 9.99. The van der Waals surface area contributed by atoms with Crippen molar-refractivity contribution in [1.29, 1.82) is 0 Å². The number of nitrogens with one attached hydrogen (secondary N) is 2. The van der Waals surface area contributed by atoms with E-state index in [0.717, 1.165) is 90.4 Å². The summed E-state index contributed by atoms with van der Waals surface area (Å²) in [5, 5.41) is 5.19. The molecule has 90 heavy (non-hydrogen) atoms. The van der Waals surface area contributed by atoms with Crippen molar-refractivity contribution >= 4 is 36.0 Å². The van der Waals surface area contributed by atoms with Crippen LogP contribution in [0.4, 0.5) is 24.9 Å². The van der Waals surface area contributed by atoms with Crippen molar-refractivity contribution in [3.05, 3.63) is 241 Å². The fraction of sp³-hybridized carbons (Fsp3) is 0.155. The molecular formula is C71H72N10O9. The van der Waals surface area contributed by atoms with Gasteiger partial charge in [0.25, 0.3) is 0 Å². The molecule has 0 atom stereocenters. The van der Waals surface area contributed by atoms with E-state index in [4.69, 9.17) is 24.7 Å². The van der Waals surface area contributed by atoms with E-state index in [1.807, 2.05) is 198 Å². The Hall–Kier alpha value is -11.6. The van der Waals surface area contributed by atoms with Crippen LogP contribution in [0.15, 0.2) is 212 Å². The van der Waals surface area contributed by atoms with Crippen LogP contribution in [0.3, 0.4) is 0 Å². The van der Waals surface area contributed by atoms with Gasteiger partial charge in [-0.15, -0.1) is 0 Å². The summed E-state index contributed by atoms with van der Waals surface area (Å²) in [6.07, 6.45) is -1.68. The number of nitrogens with two attached hydrogens (primary N) is 1. The molecule has 5 amide bonds. The third kappa shape index (κ3) is 22.7. The summed E-state index contributed by atoms with van der Waals surface area (Å²) in [5.74, 6) is 1.69. The number of hydrogen-bond acceptors (Lipinski definition) is 14. The van der Waals surface area contributed by atoms with Crippen LogP contribution < -0.4 is 35.3 Å². The van der Waals surface area contributed by atoms with Gasteiger partial charge < -0.3 is 45.1 Å². The van der Waals surface area contributed by atoms with E-state index in [-0.39, 0.29) is 18.1 Å². The molecule has 5 aromatic carbocycles. The van der Waals surface area contributed by atoms with E-state index in [9.17, 15) is 24.0 Å². The quantitative estimate of drug-likeness (QED) is 0.0852. The van der Waals surface area contributed by atoms with Gasteiger partial charge in [-0.25, -0.2) is 19.2 Å². The highest BCUT2D eigenvalue weighted by Gasteiger charge is 2.10. The number of anilines is 1. The molecule has 10 aromatic rings. The summed E-state index contributed by atoms with van der Waals surface area (Å²) in [5.41, 5.74) is 20.1. The Morgan fingerprint density at radius 1 is 0.367 bits per heavy atom. The van der Waals surface area contributed by atoms with Crippen molar-refractivity contribution in [1.82, 2.24) is 40.0 Å². The first-order valence-electron chi connectivity index (χ1n) is 28.2. The third-order valence-electron chi connectivity index (χ3n) is 12.3. The maximum absolute atomic E-state index is 11.5. The molecule has 0 saturated carbocycles. The number of urea groups is 1. The van der Waals surface area contributed by atoms with Crippen LogP contribution in [0.25, 0.3) is 56.3 Å². The molecule has 5 heterocycles. The summed E-state index contributed by atoms with van der Waals surface area (Å²) >= 11 is 0. The summed E-state index contributed by atoms with van der Waals surface area (Å²) in [6.45, 7) is 11.2. The Labute approximate surface area is 524 Å². The van der Waals surface area contributed by atoms with E-state index in [1.165, 1.54) is 23.8 Å². The summed E-state index contributed by atoms with van der Waals surface area (Å²) < 4.78 is 19.9. The molecule has 10 rings (SSSR count). The van der Waals surface area contributed by atoms with Crippen LogP contribution in [0.1, 0.15) is 35.4 Å². The zero-order valence-corrected chi connectivity index (χ0v) is 52.1. The van der Waals surface area contributed by atoms with Gasteiger partial charge in [0.2, 0.25) is 0 Å². The second kappa shape index (κ2) is 33.9. The molecule has 19 nitrogen and oxygen atoms in total. The molecule has 0 aliphatic carbocycles. The largest absolute Gasteiger partial charge is 0.427 e. The molecule has 0 spiro atoms. The molecule has 0 bridgehead atoms. The number of aromatic nitrogens is 5. The minimum absolute atomic E-state index is 0.138. The lowest BCUT2D eigenvalue weighted by atomic mass is 10.1. The predicted molar refractivity (Wildman–Crippen MR) is 351 cm³/mol. The maximum atomic E-state index is 11.5. The first kappa shape index (κ1) is 67.5. The van der Waals surface area contributed by atoms with Crippen LogP contribution in [0.2, 0.25) is 0 Å². The second-order valence-electron chi connectivity index (χ2n) is 20.2. The van der Waals surface area contributed by atoms with Crippen molar-refractivity contribution in [2.45, 2.75) is 41.5 Å². The van der Waals surface area contributed by atoms with Crippen molar-refractivity contribution in [2.24, 2.45) is 5.73 Å². The highest BCUT2D eigenvalue weighted by atomic mass is 16.6. The summed E-state index contributed by atoms with van der Waals surface area (Å²) in [7, 11) is 8.23. The van der Waals surface area contributed by atoms with Crippen molar-refractivity contribution in [3.63, 3.8) is 0 Å². The Bertz CT molecular complexity index is 3770. The average molecular weight is 1210 g/mol. The monoisotopic (exact) mass is 1210 g/mol. The van der Waals surface area contributed by atoms with Crippen LogP contribution in [-0.4, -0.2) is 100 Å². The molecule has 0 aliphatic rings. The van der Waals surface area contributed by atoms with Gasteiger partial charge in [0, 0.05) is 104 Å². The number of amides is 5. The number of nitrogens with zero attached hydrogens (tertiary/aromatic N) is 7. The van der Waals surface area contributed by atoms with Gasteiger partial charge in [-0.3, -0.25) is 29.7 Å². The minimum atomic E-state index is -0.813. The van der Waals surface area contributed by atoms with Gasteiger partial charge >= 0.3 is 30.3 Å². The fourth-order valence-electron chi connectivity index (χ4n) is 7.89. The number of primary amides is 1. The molecule has 0 unspecified atom stereocenters. The number of carbonyl (C=O) groups is 5. The van der Waals surface area contributed by atoms with Crippen molar-refractivity contribution in [3.8, 4) is 79.3 Å². The summed E-state index contributed by atoms with van der Waals surface area (Å²) in [6, 6.07) is 65.8. The van der Waals surface area contributed by atoms with Gasteiger partial charge in [-0.05, 0) is 204 Å². The molecule has 0 saturated heterocycles. The number of pyridine rings is 5. The van der Waals surface area contributed by atoms with Gasteiger partial charge in [0.15, 0.2) is 0 Å². The number of benzene rings is 5. The molecule has 460 valence electrons. The number of esters is 1. The highest BCUT2D eigenvalue weighted by molar-refractivity contribution is 5.89. The molecule has 0 aliphatic heterocycles. The van der Waals surface area contributed by atoms with E-state index in [2.05, 4.69) is 35.6 Å². The van der Waals surface area contributed by atoms with Crippen molar-refractivity contribution < 1.29 is 42.9 Å².